The van der Waals surface area contributed by atoms with E-state index in [1.165, 1.54) is 23.3 Å². The van der Waals surface area contributed by atoms with Crippen LogP contribution in [0.1, 0.15) is 29.5 Å². The van der Waals surface area contributed by atoms with Gasteiger partial charge in [-0.05, 0) is 48.1 Å². The van der Waals surface area contributed by atoms with Crippen molar-refractivity contribution in [2.45, 2.75) is 37.9 Å². The molecule has 2 aliphatic rings. The smallest absolute Gasteiger partial charge is 0.317 e. The SMILES string of the molecule is O=C(NCc1cccc(F)c1)N1CCC2(CC1)Cc1ccccc1CN2. The Bertz CT molecular complexity index is 799. The van der Waals surface area contributed by atoms with Gasteiger partial charge in [-0.15, -0.1) is 0 Å². The van der Waals surface area contributed by atoms with Crippen molar-refractivity contribution in [1.82, 2.24) is 15.5 Å². The van der Waals surface area contributed by atoms with Crippen LogP contribution in [-0.4, -0.2) is 29.6 Å². The van der Waals surface area contributed by atoms with Gasteiger partial charge in [-0.25, -0.2) is 9.18 Å². The summed E-state index contributed by atoms with van der Waals surface area (Å²) in [5.74, 6) is -0.277. The molecule has 5 heteroatoms. The second-order valence-electron chi connectivity index (χ2n) is 7.36. The fourth-order valence-electron chi connectivity index (χ4n) is 4.04. The lowest BCUT2D eigenvalue weighted by Crippen LogP contribution is -2.58. The minimum atomic E-state index is -0.277. The number of carbonyl (C=O) groups excluding carboxylic acids is 1. The van der Waals surface area contributed by atoms with E-state index in [4.69, 9.17) is 0 Å². The van der Waals surface area contributed by atoms with Gasteiger partial charge in [-0.3, -0.25) is 0 Å². The number of likely N-dealkylation sites (tertiary alicyclic amines) is 1. The Hall–Kier alpha value is -2.40. The van der Waals surface area contributed by atoms with Crippen LogP contribution in [0, 0.1) is 5.82 Å². The highest BCUT2D eigenvalue weighted by Gasteiger charge is 2.38. The van der Waals surface area contributed by atoms with E-state index in [0.717, 1.165) is 44.5 Å². The van der Waals surface area contributed by atoms with E-state index in [1.54, 1.807) is 6.07 Å². The Morgan fingerprint density at radius 1 is 1.12 bits per heavy atom. The highest BCUT2D eigenvalue weighted by atomic mass is 19.1. The maximum absolute atomic E-state index is 13.2. The number of fused-ring (bicyclic) bond motifs is 1. The summed E-state index contributed by atoms with van der Waals surface area (Å²) in [7, 11) is 0. The average molecular weight is 353 g/mol. The number of nitrogens with one attached hydrogen (secondary N) is 2. The first-order valence-electron chi connectivity index (χ1n) is 9.23. The maximum atomic E-state index is 13.2. The molecule has 1 saturated heterocycles. The third-order valence-electron chi connectivity index (χ3n) is 5.64. The van der Waals surface area contributed by atoms with Gasteiger partial charge < -0.3 is 15.5 Å². The Kier molecular flexibility index (Phi) is 4.64. The van der Waals surface area contributed by atoms with Crippen LogP contribution in [0.25, 0.3) is 0 Å². The van der Waals surface area contributed by atoms with Crippen LogP contribution in [0.3, 0.4) is 0 Å². The van der Waals surface area contributed by atoms with E-state index in [0.29, 0.717) is 6.54 Å². The first-order valence-corrected chi connectivity index (χ1v) is 9.23. The zero-order valence-corrected chi connectivity index (χ0v) is 14.8. The molecule has 0 atom stereocenters. The van der Waals surface area contributed by atoms with E-state index in [9.17, 15) is 9.18 Å². The number of carbonyl (C=O) groups is 1. The van der Waals surface area contributed by atoms with Crippen molar-refractivity contribution in [3.63, 3.8) is 0 Å². The molecule has 0 bridgehead atoms. The van der Waals surface area contributed by atoms with Crippen molar-refractivity contribution < 1.29 is 9.18 Å². The van der Waals surface area contributed by atoms with Gasteiger partial charge in [0.25, 0.3) is 0 Å². The van der Waals surface area contributed by atoms with Crippen molar-refractivity contribution in [3.8, 4) is 0 Å². The van der Waals surface area contributed by atoms with E-state index < -0.39 is 0 Å². The zero-order valence-electron chi connectivity index (χ0n) is 14.8. The van der Waals surface area contributed by atoms with Crippen molar-refractivity contribution in [2.24, 2.45) is 0 Å². The summed E-state index contributed by atoms with van der Waals surface area (Å²) >= 11 is 0. The maximum Gasteiger partial charge on any atom is 0.317 e. The summed E-state index contributed by atoms with van der Waals surface area (Å²) in [6, 6.07) is 14.9. The Balaban J connectivity index is 1.31. The second kappa shape index (κ2) is 7.08. The summed E-state index contributed by atoms with van der Waals surface area (Å²) < 4.78 is 13.2. The number of rotatable bonds is 2. The molecule has 0 aromatic heterocycles. The summed E-state index contributed by atoms with van der Waals surface area (Å²) in [6.07, 6.45) is 2.94. The van der Waals surface area contributed by atoms with Gasteiger partial charge in [0.2, 0.25) is 0 Å². The van der Waals surface area contributed by atoms with E-state index in [2.05, 4.69) is 34.9 Å². The molecule has 2 amide bonds. The highest BCUT2D eigenvalue weighted by molar-refractivity contribution is 5.74. The molecule has 26 heavy (non-hydrogen) atoms. The Labute approximate surface area is 153 Å². The fourth-order valence-corrected chi connectivity index (χ4v) is 4.04. The molecule has 2 aromatic rings. The molecule has 2 N–H and O–H groups in total. The molecule has 2 aliphatic heterocycles. The quantitative estimate of drug-likeness (QED) is 0.871. The summed E-state index contributed by atoms with van der Waals surface area (Å²) in [5.41, 5.74) is 3.69. The van der Waals surface area contributed by atoms with Crippen molar-refractivity contribution in [3.05, 3.63) is 71.0 Å². The lowest BCUT2D eigenvalue weighted by molar-refractivity contribution is 0.135. The van der Waals surface area contributed by atoms with Crippen LogP contribution in [-0.2, 0) is 19.5 Å². The first-order chi connectivity index (χ1) is 12.6. The highest BCUT2D eigenvalue weighted by Crippen LogP contribution is 2.31. The number of hydrogen-bond donors (Lipinski definition) is 2. The number of benzene rings is 2. The predicted octanol–water partition coefficient (Wildman–Crippen LogP) is 3.22. The number of nitrogens with zero attached hydrogens (tertiary/aromatic N) is 1. The molecule has 0 aliphatic carbocycles. The molecule has 1 fully saturated rings. The van der Waals surface area contributed by atoms with Crippen molar-refractivity contribution in [2.75, 3.05) is 13.1 Å². The standard InChI is InChI=1S/C21H24FN3O/c22-19-7-3-4-16(12-19)14-23-20(26)25-10-8-21(9-11-25)13-17-5-1-2-6-18(17)15-24-21/h1-7,12,24H,8-11,13-15H2,(H,23,26). The van der Waals surface area contributed by atoms with Gasteiger partial charge in [-0.2, -0.15) is 0 Å². The molecule has 1 spiro atoms. The van der Waals surface area contributed by atoms with Crippen LogP contribution >= 0.6 is 0 Å². The van der Waals surface area contributed by atoms with Gasteiger partial charge in [0.1, 0.15) is 5.82 Å². The van der Waals surface area contributed by atoms with E-state index in [1.807, 2.05) is 11.0 Å². The molecule has 2 heterocycles. The van der Waals surface area contributed by atoms with Crippen LogP contribution in [0.5, 0.6) is 0 Å². The van der Waals surface area contributed by atoms with E-state index in [-0.39, 0.29) is 17.4 Å². The molecule has 0 unspecified atom stereocenters. The largest absolute Gasteiger partial charge is 0.334 e. The van der Waals surface area contributed by atoms with Crippen LogP contribution < -0.4 is 10.6 Å². The van der Waals surface area contributed by atoms with Gasteiger partial charge in [-0.1, -0.05) is 36.4 Å². The molecule has 4 nitrogen and oxygen atoms in total. The molecule has 4 rings (SSSR count). The molecular formula is C21H24FN3O. The summed E-state index contributed by atoms with van der Waals surface area (Å²) in [5, 5.41) is 6.62. The fraction of sp³-hybridized carbons (Fsp3) is 0.381. The summed E-state index contributed by atoms with van der Waals surface area (Å²) in [6.45, 7) is 2.74. The number of halogens is 1. The van der Waals surface area contributed by atoms with E-state index >= 15 is 0 Å². The molecule has 2 aromatic carbocycles. The van der Waals surface area contributed by atoms with Gasteiger partial charge in [0.05, 0.1) is 0 Å². The third kappa shape index (κ3) is 3.58. The number of amides is 2. The molecule has 0 radical (unpaired) electrons. The van der Waals surface area contributed by atoms with Crippen LogP contribution in [0.2, 0.25) is 0 Å². The van der Waals surface area contributed by atoms with Gasteiger partial charge >= 0.3 is 6.03 Å². The Morgan fingerprint density at radius 2 is 1.88 bits per heavy atom. The van der Waals surface area contributed by atoms with Gasteiger partial charge in [0, 0.05) is 31.7 Å². The average Bonchev–Trinajstić information content (AvgIpc) is 2.67. The summed E-state index contributed by atoms with van der Waals surface area (Å²) in [4.78, 5) is 14.3. The first kappa shape index (κ1) is 17.0. The second-order valence-corrected chi connectivity index (χ2v) is 7.36. The van der Waals surface area contributed by atoms with Crippen molar-refractivity contribution >= 4 is 6.03 Å². The van der Waals surface area contributed by atoms with Crippen LogP contribution in [0.15, 0.2) is 48.5 Å². The Morgan fingerprint density at radius 3 is 2.65 bits per heavy atom. The zero-order chi connectivity index (χ0) is 18.0. The minimum absolute atomic E-state index is 0.0691. The molecular weight excluding hydrogens is 329 g/mol. The van der Waals surface area contributed by atoms with Gasteiger partial charge in [0.15, 0.2) is 0 Å². The number of urea groups is 1. The molecule has 136 valence electrons. The van der Waals surface area contributed by atoms with Crippen LogP contribution in [0.4, 0.5) is 9.18 Å². The molecule has 0 saturated carbocycles. The number of hydrogen-bond acceptors (Lipinski definition) is 2. The van der Waals surface area contributed by atoms with Crippen molar-refractivity contribution in [1.29, 1.82) is 0 Å². The monoisotopic (exact) mass is 353 g/mol. The normalized spacial score (nSPS) is 18.4. The third-order valence-corrected chi connectivity index (χ3v) is 5.64. The lowest BCUT2D eigenvalue weighted by Gasteiger charge is -2.45. The topological polar surface area (TPSA) is 44.4 Å². The number of piperidine rings is 1. The lowest BCUT2D eigenvalue weighted by atomic mass is 9.78. The predicted molar refractivity (Wildman–Crippen MR) is 99.2 cm³/mol. The minimum Gasteiger partial charge on any atom is -0.334 e.